The number of aromatic nitrogens is 4. The first-order valence-electron chi connectivity index (χ1n) is 14.2. The predicted octanol–water partition coefficient (Wildman–Crippen LogP) is 4.83. The SMILES string of the molecule is COC(=O)/C=C/C(=O)N1CCN(c2nc(=O)n(-c3c(C)ccnc3C(C)C)c3nc(-c4ccccc4F)c(Cl)cc23)[C@@H](C)C1. The van der Waals surface area contributed by atoms with Gasteiger partial charge in [-0.3, -0.25) is 9.78 Å². The summed E-state index contributed by atoms with van der Waals surface area (Å²) in [6.45, 7) is 8.73. The van der Waals surface area contributed by atoms with Crippen molar-refractivity contribution >= 4 is 40.3 Å². The normalized spacial score (nSPS) is 15.4. The average molecular weight is 619 g/mol. The minimum Gasteiger partial charge on any atom is -0.466 e. The molecule has 3 aromatic heterocycles. The second-order valence-corrected chi connectivity index (χ2v) is 11.3. The minimum absolute atomic E-state index is 0.0243. The van der Waals surface area contributed by atoms with Gasteiger partial charge < -0.3 is 14.5 Å². The van der Waals surface area contributed by atoms with Crippen LogP contribution in [-0.4, -0.2) is 69.1 Å². The lowest BCUT2D eigenvalue weighted by atomic mass is 10.0. The number of amides is 1. The molecule has 0 unspecified atom stereocenters. The molecular weight excluding hydrogens is 587 g/mol. The van der Waals surface area contributed by atoms with Crippen LogP contribution in [0.1, 0.15) is 37.9 Å². The molecule has 4 heterocycles. The van der Waals surface area contributed by atoms with Crippen LogP contribution in [-0.2, 0) is 14.3 Å². The Balaban J connectivity index is 1.69. The van der Waals surface area contributed by atoms with Crippen LogP contribution in [0.3, 0.4) is 0 Å². The highest BCUT2D eigenvalue weighted by atomic mass is 35.5. The zero-order valence-corrected chi connectivity index (χ0v) is 25.8. The van der Waals surface area contributed by atoms with Crippen molar-refractivity contribution in [3.05, 3.63) is 87.3 Å². The molecule has 12 heteroatoms. The second kappa shape index (κ2) is 12.5. The Kier molecular flexibility index (Phi) is 8.78. The smallest absolute Gasteiger partial charge is 0.355 e. The Labute approximate surface area is 258 Å². The summed E-state index contributed by atoms with van der Waals surface area (Å²) in [5, 5.41) is 0.683. The lowest BCUT2D eigenvalue weighted by molar-refractivity contribution is -0.135. The molecule has 4 aromatic rings. The number of aryl methyl sites for hydroxylation is 1. The van der Waals surface area contributed by atoms with Crippen molar-refractivity contribution in [2.24, 2.45) is 0 Å². The van der Waals surface area contributed by atoms with Crippen LogP contribution in [0, 0.1) is 12.7 Å². The molecule has 228 valence electrons. The number of hydrogen-bond acceptors (Lipinski definition) is 8. The molecule has 1 aliphatic rings. The summed E-state index contributed by atoms with van der Waals surface area (Å²) < 4.78 is 21.0. The third-order valence-electron chi connectivity index (χ3n) is 7.63. The predicted molar refractivity (Wildman–Crippen MR) is 167 cm³/mol. The highest BCUT2D eigenvalue weighted by molar-refractivity contribution is 6.33. The summed E-state index contributed by atoms with van der Waals surface area (Å²) in [6, 6.07) is 9.39. The van der Waals surface area contributed by atoms with E-state index in [2.05, 4.69) is 14.7 Å². The van der Waals surface area contributed by atoms with Gasteiger partial charge in [0.25, 0.3) is 0 Å². The molecule has 0 radical (unpaired) electrons. The molecule has 0 N–H and O–H groups in total. The number of ether oxygens (including phenoxy) is 1. The topological polar surface area (TPSA) is 111 Å². The van der Waals surface area contributed by atoms with Crippen LogP contribution in [0.25, 0.3) is 28.0 Å². The van der Waals surface area contributed by atoms with Crippen molar-refractivity contribution in [3.8, 4) is 16.9 Å². The molecule has 5 rings (SSSR count). The van der Waals surface area contributed by atoms with E-state index < -0.39 is 17.5 Å². The first kappa shape index (κ1) is 30.8. The number of carbonyl (C=O) groups excluding carboxylic acids is 2. The van der Waals surface area contributed by atoms with Gasteiger partial charge in [0, 0.05) is 49.6 Å². The lowest BCUT2D eigenvalue weighted by Crippen LogP contribution is -2.54. The molecule has 0 spiro atoms. The Morgan fingerprint density at radius 1 is 1.14 bits per heavy atom. The van der Waals surface area contributed by atoms with Gasteiger partial charge in [-0.25, -0.2) is 23.5 Å². The molecule has 10 nitrogen and oxygen atoms in total. The summed E-state index contributed by atoms with van der Waals surface area (Å²) in [6.07, 6.45) is 3.96. The van der Waals surface area contributed by atoms with Crippen molar-refractivity contribution in [2.75, 3.05) is 31.6 Å². The fourth-order valence-corrected chi connectivity index (χ4v) is 5.69. The Bertz CT molecular complexity index is 1860. The summed E-state index contributed by atoms with van der Waals surface area (Å²) in [5.41, 5.74) is 2.12. The molecule has 0 bridgehead atoms. The largest absolute Gasteiger partial charge is 0.466 e. The van der Waals surface area contributed by atoms with Crippen LogP contribution in [0.5, 0.6) is 0 Å². The van der Waals surface area contributed by atoms with Crippen molar-refractivity contribution in [1.82, 2.24) is 24.4 Å². The summed E-state index contributed by atoms with van der Waals surface area (Å²) >= 11 is 6.77. The molecule has 0 aliphatic carbocycles. The second-order valence-electron chi connectivity index (χ2n) is 10.9. The van der Waals surface area contributed by atoms with Crippen LogP contribution in [0.2, 0.25) is 5.02 Å². The molecule has 1 aliphatic heterocycles. The average Bonchev–Trinajstić information content (AvgIpc) is 3.00. The maximum absolute atomic E-state index is 15.0. The van der Waals surface area contributed by atoms with Crippen LogP contribution in [0.15, 0.2) is 59.5 Å². The van der Waals surface area contributed by atoms with E-state index in [1.165, 1.54) is 23.8 Å². The lowest BCUT2D eigenvalue weighted by Gasteiger charge is -2.40. The molecule has 1 atom stereocenters. The van der Waals surface area contributed by atoms with Gasteiger partial charge in [-0.15, -0.1) is 0 Å². The van der Waals surface area contributed by atoms with Gasteiger partial charge in [-0.2, -0.15) is 4.98 Å². The molecule has 1 aromatic carbocycles. The van der Waals surface area contributed by atoms with Crippen LogP contribution < -0.4 is 10.6 Å². The molecular formula is C32H32ClFN6O4. The van der Waals surface area contributed by atoms with E-state index in [-0.39, 0.29) is 39.8 Å². The monoisotopic (exact) mass is 618 g/mol. The molecule has 1 saturated heterocycles. The highest BCUT2D eigenvalue weighted by Crippen LogP contribution is 2.36. The van der Waals surface area contributed by atoms with E-state index in [0.717, 1.165) is 11.6 Å². The number of rotatable bonds is 6. The van der Waals surface area contributed by atoms with Crippen LogP contribution >= 0.6 is 11.6 Å². The zero-order chi connectivity index (χ0) is 31.7. The number of fused-ring (bicyclic) bond motifs is 1. The van der Waals surface area contributed by atoms with Gasteiger partial charge in [0.15, 0.2) is 5.65 Å². The molecule has 1 fully saturated rings. The van der Waals surface area contributed by atoms with Gasteiger partial charge >= 0.3 is 11.7 Å². The fraction of sp³-hybridized carbons (Fsp3) is 0.312. The zero-order valence-electron chi connectivity index (χ0n) is 25.0. The molecule has 1 amide bonds. The first-order chi connectivity index (χ1) is 21.0. The van der Waals surface area contributed by atoms with E-state index in [0.29, 0.717) is 42.2 Å². The van der Waals surface area contributed by atoms with Gasteiger partial charge in [-0.05, 0) is 49.6 Å². The first-order valence-corrected chi connectivity index (χ1v) is 14.5. The van der Waals surface area contributed by atoms with E-state index in [4.69, 9.17) is 16.6 Å². The number of benzene rings is 1. The molecule has 0 saturated carbocycles. The van der Waals surface area contributed by atoms with Crippen molar-refractivity contribution in [1.29, 1.82) is 0 Å². The summed E-state index contributed by atoms with van der Waals surface area (Å²) in [7, 11) is 1.24. The number of halogens is 2. The Hall–Kier alpha value is -4.64. The number of esters is 1. The number of piperazine rings is 1. The van der Waals surface area contributed by atoms with Gasteiger partial charge in [-0.1, -0.05) is 37.6 Å². The number of anilines is 1. The van der Waals surface area contributed by atoms with Crippen molar-refractivity contribution in [2.45, 2.75) is 39.7 Å². The van der Waals surface area contributed by atoms with Crippen molar-refractivity contribution in [3.63, 3.8) is 0 Å². The van der Waals surface area contributed by atoms with Crippen LogP contribution in [0.4, 0.5) is 10.2 Å². The number of hydrogen-bond donors (Lipinski definition) is 0. The summed E-state index contributed by atoms with van der Waals surface area (Å²) in [5.74, 6) is -1.12. The maximum atomic E-state index is 15.0. The van der Waals surface area contributed by atoms with Gasteiger partial charge in [0.05, 0.1) is 34.6 Å². The number of nitrogens with zero attached hydrogens (tertiary/aromatic N) is 6. The quantitative estimate of drug-likeness (QED) is 0.223. The number of pyridine rings is 2. The third-order valence-corrected chi connectivity index (χ3v) is 7.92. The van der Waals surface area contributed by atoms with Gasteiger partial charge in [0.2, 0.25) is 5.91 Å². The Morgan fingerprint density at radius 3 is 2.57 bits per heavy atom. The fourth-order valence-electron chi connectivity index (χ4n) is 5.44. The third kappa shape index (κ3) is 5.79. The Morgan fingerprint density at radius 2 is 1.89 bits per heavy atom. The highest BCUT2D eigenvalue weighted by Gasteiger charge is 2.30. The van der Waals surface area contributed by atoms with E-state index in [9.17, 15) is 18.8 Å². The van der Waals surface area contributed by atoms with Crippen molar-refractivity contribution < 1.29 is 18.7 Å². The van der Waals surface area contributed by atoms with E-state index in [1.807, 2.05) is 38.7 Å². The summed E-state index contributed by atoms with van der Waals surface area (Å²) in [4.78, 5) is 55.7. The maximum Gasteiger partial charge on any atom is 0.355 e. The number of methoxy groups -OCH3 is 1. The van der Waals surface area contributed by atoms with E-state index in [1.54, 1.807) is 35.4 Å². The van der Waals surface area contributed by atoms with Gasteiger partial charge in [0.1, 0.15) is 11.6 Å². The minimum atomic E-state index is -0.620. The standard InChI is InChI=1S/C32H32ClFN6O4/c1-18(2)27-29(19(3)12-13-35-27)40-31-22(16-23(33)28(36-31)21-8-6-7-9-24(21)34)30(37-32(40)43)39-15-14-38(17-20(39)4)25(41)10-11-26(42)44-5/h6-13,16,18,20H,14-15,17H2,1-5H3/b11-10+/t20-/m0/s1. The van der Waals surface area contributed by atoms with E-state index >= 15 is 0 Å². The number of carbonyl (C=O) groups is 2. The molecule has 44 heavy (non-hydrogen) atoms.